The normalized spacial score (nSPS) is 12.0. The van der Waals surface area contributed by atoms with Crippen LogP contribution in [-0.4, -0.2) is 44.5 Å². The Morgan fingerprint density at radius 1 is 1.26 bits per heavy atom. The van der Waals surface area contributed by atoms with E-state index in [1.807, 2.05) is 0 Å². The molecule has 0 aliphatic rings. The molecule has 0 fully saturated rings. The third-order valence-electron chi connectivity index (χ3n) is 3.30. The minimum Gasteiger partial charge on any atom is -0.355 e. The smallest absolute Gasteiger partial charge is 0.222 e. The quantitative estimate of drug-likeness (QED) is 0.753. The number of benzene rings is 1. The van der Waals surface area contributed by atoms with Gasteiger partial charge in [0.2, 0.25) is 15.9 Å². The first kappa shape index (κ1) is 20.2. The first-order chi connectivity index (χ1) is 10.6. The van der Waals surface area contributed by atoms with Gasteiger partial charge in [-0.3, -0.25) is 4.79 Å². The van der Waals surface area contributed by atoms with E-state index in [9.17, 15) is 13.2 Å². The van der Waals surface area contributed by atoms with Crippen LogP contribution in [0.1, 0.15) is 19.4 Å². The van der Waals surface area contributed by atoms with E-state index in [0.717, 1.165) is 11.8 Å². The van der Waals surface area contributed by atoms with Gasteiger partial charge in [-0.05, 0) is 24.1 Å². The lowest BCUT2D eigenvalue weighted by Gasteiger charge is -2.20. The number of carbonyl (C=O) groups is 1. The number of halogens is 2. The summed E-state index contributed by atoms with van der Waals surface area (Å²) < 4.78 is 25.1. The Bertz CT molecular complexity index is 648. The number of hydrogen-bond donors (Lipinski definition) is 1. The van der Waals surface area contributed by atoms with Crippen LogP contribution in [0.15, 0.2) is 18.2 Å². The van der Waals surface area contributed by atoms with Crippen LogP contribution in [0, 0.1) is 5.92 Å². The van der Waals surface area contributed by atoms with Crippen LogP contribution in [0.4, 0.5) is 0 Å². The van der Waals surface area contributed by atoms with Crippen LogP contribution in [0.2, 0.25) is 10.0 Å². The number of nitrogens with zero attached hydrogens (tertiary/aromatic N) is 1. The maximum absolute atomic E-state index is 11.9. The lowest BCUT2D eigenvalue weighted by Crippen LogP contribution is -2.40. The molecule has 130 valence electrons. The third kappa shape index (κ3) is 7.08. The second-order valence-corrected chi connectivity index (χ2v) is 8.42. The Kier molecular flexibility index (Phi) is 7.80. The lowest BCUT2D eigenvalue weighted by molar-refractivity contribution is -0.123. The molecule has 1 amide bonds. The number of carbonyl (C=O) groups excluding carboxylic acids is 1. The van der Waals surface area contributed by atoms with Crippen LogP contribution in [-0.2, 0) is 21.2 Å². The molecular formula is C15H22Cl2N2O3S. The Morgan fingerprint density at radius 3 is 2.43 bits per heavy atom. The fourth-order valence-electron chi connectivity index (χ4n) is 1.92. The van der Waals surface area contributed by atoms with Gasteiger partial charge in [0, 0.05) is 35.6 Å². The van der Waals surface area contributed by atoms with Gasteiger partial charge in [-0.25, -0.2) is 12.7 Å². The third-order valence-corrected chi connectivity index (χ3v) is 5.19. The fourth-order valence-corrected chi connectivity index (χ4v) is 3.27. The largest absolute Gasteiger partial charge is 0.355 e. The van der Waals surface area contributed by atoms with Crippen molar-refractivity contribution in [2.75, 3.05) is 25.9 Å². The maximum atomic E-state index is 11.9. The van der Waals surface area contributed by atoms with E-state index in [4.69, 9.17) is 23.2 Å². The first-order valence-electron chi connectivity index (χ1n) is 7.28. The molecule has 23 heavy (non-hydrogen) atoms. The van der Waals surface area contributed by atoms with Crippen molar-refractivity contribution >= 4 is 39.1 Å². The Labute approximate surface area is 148 Å². The average Bonchev–Trinajstić information content (AvgIpc) is 2.42. The summed E-state index contributed by atoms with van der Waals surface area (Å²) in [7, 11) is -3.36. The molecule has 0 aliphatic carbocycles. The first-order valence-corrected chi connectivity index (χ1v) is 9.88. The highest BCUT2D eigenvalue weighted by Crippen LogP contribution is 2.21. The van der Waals surface area contributed by atoms with Crippen molar-refractivity contribution in [1.29, 1.82) is 0 Å². The van der Waals surface area contributed by atoms with Crippen LogP contribution >= 0.6 is 23.2 Å². The van der Waals surface area contributed by atoms with E-state index in [1.54, 1.807) is 32.0 Å². The van der Waals surface area contributed by atoms with E-state index >= 15 is 0 Å². The van der Waals surface area contributed by atoms with Gasteiger partial charge in [-0.1, -0.05) is 43.1 Å². The van der Waals surface area contributed by atoms with E-state index < -0.39 is 10.0 Å². The Morgan fingerprint density at radius 2 is 1.91 bits per heavy atom. The van der Waals surface area contributed by atoms with Gasteiger partial charge < -0.3 is 5.32 Å². The number of hydrogen-bond acceptors (Lipinski definition) is 3. The molecule has 5 nitrogen and oxygen atoms in total. The Balaban J connectivity index is 2.64. The summed E-state index contributed by atoms with van der Waals surface area (Å²) in [6.07, 6.45) is 1.63. The molecule has 0 saturated carbocycles. The monoisotopic (exact) mass is 380 g/mol. The molecular weight excluding hydrogens is 359 g/mol. The molecule has 0 heterocycles. The topological polar surface area (TPSA) is 66.5 Å². The highest BCUT2D eigenvalue weighted by atomic mass is 35.5. The van der Waals surface area contributed by atoms with Crippen LogP contribution in [0.5, 0.6) is 0 Å². The standard InChI is InChI=1S/C15H22Cl2N2O3S/c1-11(2)15(20)18-7-9-19(23(3,21)22)8-6-12-4-5-13(16)10-14(12)17/h4-5,10-11H,6-9H2,1-3H3,(H,18,20). The zero-order valence-electron chi connectivity index (χ0n) is 13.5. The number of sulfonamides is 1. The zero-order valence-corrected chi connectivity index (χ0v) is 15.8. The highest BCUT2D eigenvalue weighted by molar-refractivity contribution is 7.88. The van der Waals surface area contributed by atoms with Crippen molar-refractivity contribution < 1.29 is 13.2 Å². The summed E-state index contributed by atoms with van der Waals surface area (Å²) in [5.74, 6) is -0.228. The molecule has 0 atom stereocenters. The van der Waals surface area contributed by atoms with Crippen molar-refractivity contribution in [3.8, 4) is 0 Å². The average molecular weight is 381 g/mol. The fraction of sp³-hybridized carbons (Fsp3) is 0.533. The minimum atomic E-state index is -3.36. The SMILES string of the molecule is CC(C)C(=O)NCCN(CCc1ccc(Cl)cc1Cl)S(C)(=O)=O. The van der Waals surface area contributed by atoms with Crippen LogP contribution < -0.4 is 5.32 Å². The molecule has 0 unspecified atom stereocenters. The summed E-state index contributed by atoms with van der Waals surface area (Å²) in [6, 6.07) is 5.13. The van der Waals surface area contributed by atoms with Gasteiger partial charge in [-0.2, -0.15) is 0 Å². The molecule has 0 aliphatic heterocycles. The molecule has 8 heteroatoms. The van der Waals surface area contributed by atoms with E-state index in [-0.39, 0.29) is 31.5 Å². The Hall–Kier alpha value is -0.820. The maximum Gasteiger partial charge on any atom is 0.222 e. The summed E-state index contributed by atoms with van der Waals surface area (Å²) in [6.45, 7) is 4.36. The number of rotatable bonds is 8. The predicted molar refractivity (Wildman–Crippen MR) is 94.4 cm³/mol. The van der Waals surface area contributed by atoms with Crippen LogP contribution in [0.25, 0.3) is 0 Å². The summed E-state index contributed by atoms with van der Waals surface area (Å²) in [5, 5.41) is 3.76. The van der Waals surface area contributed by atoms with Crippen molar-refractivity contribution in [3.05, 3.63) is 33.8 Å². The number of amides is 1. The van der Waals surface area contributed by atoms with Gasteiger partial charge in [0.1, 0.15) is 0 Å². The van der Waals surface area contributed by atoms with Gasteiger partial charge >= 0.3 is 0 Å². The molecule has 0 spiro atoms. The molecule has 0 radical (unpaired) electrons. The predicted octanol–water partition coefficient (Wildman–Crippen LogP) is 2.57. The second kappa shape index (κ2) is 8.87. The molecule has 1 aromatic carbocycles. The molecule has 0 bridgehead atoms. The van der Waals surface area contributed by atoms with Gasteiger partial charge in [0.15, 0.2) is 0 Å². The van der Waals surface area contributed by atoms with Gasteiger partial charge in [-0.15, -0.1) is 0 Å². The van der Waals surface area contributed by atoms with E-state index in [0.29, 0.717) is 16.5 Å². The summed E-state index contributed by atoms with van der Waals surface area (Å²) >= 11 is 11.9. The van der Waals surface area contributed by atoms with Crippen LogP contribution in [0.3, 0.4) is 0 Å². The molecule has 0 aromatic heterocycles. The van der Waals surface area contributed by atoms with Crippen molar-refractivity contribution in [1.82, 2.24) is 9.62 Å². The molecule has 1 N–H and O–H groups in total. The van der Waals surface area contributed by atoms with Crippen molar-refractivity contribution in [3.63, 3.8) is 0 Å². The second-order valence-electron chi connectivity index (χ2n) is 5.59. The minimum absolute atomic E-state index is 0.0980. The molecule has 1 rings (SSSR count). The van der Waals surface area contributed by atoms with E-state index in [1.165, 1.54) is 4.31 Å². The van der Waals surface area contributed by atoms with Crippen molar-refractivity contribution in [2.45, 2.75) is 20.3 Å². The van der Waals surface area contributed by atoms with Gasteiger partial charge in [0.25, 0.3) is 0 Å². The highest BCUT2D eigenvalue weighted by Gasteiger charge is 2.17. The molecule has 1 aromatic rings. The summed E-state index contributed by atoms with van der Waals surface area (Å²) in [5.41, 5.74) is 0.830. The lowest BCUT2D eigenvalue weighted by atomic mass is 10.1. The summed E-state index contributed by atoms with van der Waals surface area (Å²) in [4.78, 5) is 11.5. The van der Waals surface area contributed by atoms with E-state index in [2.05, 4.69) is 5.32 Å². The van der Waals surface area contributed by atoms with Gasteiger partial charge in [0.05, 0.1) is 6.26 Å². The van der Waals surface area contributed by atoms with Crippen molar-refractivity contribution in [2.24, 2.45) is 5.92 Å². The molecule has 0 saturated heterocycles. The number of nitrogens with one attached hydrogen (secondary N) is 1. The zero-order chi connectivity index (χ0) is 17.6.